The van der Waals surface area contributed by atoms with Crippen molar-refractivity contribution < 1.29 is 9.31 Å². The molecule has 1 rings (SSSR count). The number of rotatable bonds is 5. The standard InChI is InChI=1S/C9H13BClNO2/c1-3-13-10(14-4-2)8-7-12-6-5-9(8)11/h5-7H,3-4H2,1-2H3. The lowest BCUT2D eigenvalue weighted by molar-refractivity contribution is 0.225. The number of nitrogens with zero attached hydrogens (tertiary/aromatic N) is 1. The van der Waals surface area contributed by atoms with Crippen LogP contribution in [0.1, 0.15) is 13.8 Å². The Balaban J connectivity index is 2.81. The van der Waals surface area contributed by atoms with Gasteiger partial charge in [-0.3, -0.25) is 4.98 Å². The van der Waals surface area contributed by atoms with E-state index in [4.69, 9.17) is 20.9 Å². The van der Waals surface area contributed by atoms with Crippen LogP contribution >= 0.6 is 11.6 Å². The molecule has 0 bridgehead atoms. The molecule has 5 heteroatoms. The molecule has 0 aliphatic carbocycles. The number of hydrogen-bond acceptors (Lipinski definition) is 3. The lowest BCUT2D eigenvalue weighted by Gasteiger charge is -2.12. The summed E-state index contributed by atoms with van der Waals surface area (Å²) in [5.41, 5.74) is 0.776. The van der Waals surface area contributed by atoms with E-state index in [1.165, 1.54) is 0 Å². The van der Waals surface area contributed by atoms with Crippen molar-refractivity contribution >= 4 is 24.2 Å². The molecule has 0 unspecified atom stereocenters. The number of halogens is 1. The van der Waals surface area contributed by atoms with Crippen molar-refractivity contribution in [3.05, 3.63) is 23.5 Å². The van der Waals surface area contributed by atoms with E-state index in [9.17, 15) is 0 Å². The van der Waals surface area contributed by atoms with Gasteiger partial charge in [0.2, 0.25) is 0 Å². The van der Waals surface area contributed by atoms with Crippen LogP contribution in [0, 0.1) is 0 Å². The van der Waals surface area contributed by atoms with Crippen LogP contribution in [0.3, 0.4) is 0 Å². The molecule has 0 fully saturated rings. The average Bonchev–Trinajstić information content (AvgIpc) is 2.18. The summed E-state index contributed by atoms with van der Waals surface area (Å²) in [4.78, 5) is 3.99. The molecule has 0 spiro atoms. The zero-order chi connectivity index (χ0) is 10.4. The second-order valence-corrected chi connectivity index (χ2v) is 3.05. The highest BCUT2D eigenvalue weighted by Crippen LogP contribution is 2.05. The molecule has 0 atom stereocenters. The lowest BCUT2D eigenvalue weighted by Crippen LogP contribution is -2.38. The van der Waals surface area contributed by atoms with Gasteiger partial charge in [-0.05, 0) is 19.9 Å². The van der Waals surface area contributed by atoms with Gasteiger partial charge in [0.05, 0.1) is 0 Å². The van der Waals surface area contributed by atoms with E-state index in [2.05, 4.69) is 4.98 Å². The van der Waals surface area contributed by atoms with E-state index in [0.717, 1.165) is 5.46 Å². The fourth-order valence-electron chi connectivity index (χ4n) is 1.09. The molecule has 14 heavy (non-hydrogen) atoms. The van der Waals surface area contributed by atoms with Crippen LogP contribution in [-0.4, -0.2) is 25.3 Å². The van der Waals surface area contributed by atoms with Crippen LogP contribution in [0.15, 0.2) is 18.5 Å². The number of aromatic nitrogens is 1. The first-order valence-corrected chi connectivity index (χ1v) is 5.00. The first-order chi connectivity index (χ1) is 6.79. The van der Waals surface area contributed by atoms with E-state index in [1.54, 1.807) is 18.5 Å². The fourth-order valence-corrected chi connectivity index (χ4v) is 1.29. The van der Waals surface area contributed by atoms with Crippen molar-refractivity contribution in [2.45, 2.75) is 13.8 Å². The van der Waals surface area contributed by atoms with Crippen LogP contribution in [0.4, 0.5) is 0 Å². The van der Waals surface area contributed by atoms with E-state index in [0.29, 0.717) is 18.2 Å². The quantitative estimate of drug-likeness (QED) is 0.695. The SMILES string of the molecule is CCOB(OCC)c1cnccc1Cl. The number of pyridine rings is 1. The molecule has 0 amide bonds. The van der Waals surface area contributed by atoms with E-state index in [-0.39, 0.29) is 0 Å². The van der Waals surface area contributed by atoms with Gasteiger partial charge in [-0.1, -0.05) is 11.6 Å². The second-order valence-electron chi connectivity index (χ2n) is 2.64. The Labute approximate surface area is 89.5 Å². The second kappa shape index (κ2) is 6.01. The van der Waals surface area contributed by atoms with Crippen LogP contribution in [0.25, 0.3) is 0 Å². The Bertz CT molecular complexity index is 279. The molecule has 0 N–H and O–H groups in total. The largest absolute Gasteiger partial charge is 0.496 e. The van der Waals surface area contributed by atoms with Crippen LogP contribution in [-0.2, 0) is 9.31 Å². The van der Waals surface area contributed by atoms with Gasteiger partial charge in [-0.2, -0.15) is 0 Å². The van der Waals surface area contributed by atoms with Crippen molar-refractivity contribution in [2.75, 3.05) is 13.2 Å². The zero-order valence-corrected chi connectivity index (χ0v) is 9.12. The van der Waals surface area contributed by atoms with E-state index >= 15 is 0 Å². The van der Waals surface area contributed by atoms with Crippen molar-refractivity contribution in [1.82, 2.24) is 4.98 Å². The summed E-state index contributed by atoms with van der Waals surface area (Å²) in [6, 6.07) is 1.72. The summed E-state index contributed by atoms with van der Waals surface area (Å²) in [5.74, 6) is 0. The van der Waals surface area contributed by atoms with Gasteiger partial charge >= 0.3 is 7.12 Å². The lowest BCUT2D eigenvalue weighted by atomic mass is 9.80. The van der Waals surface area contributed by atoms with Gasteiger partial charge in [-0.25, -0.2) is 0 Å². The molecule has 0 aliphatic rings. The highest BCUT2D eigenvalue weighted by molar-refractivity contribution is 6.64. The minimum Gasteiger partial charge on any atom is -0.408 e. The minimum atomic E-state index is -0.411. The molecule has 0 saturated heterocycles. The highest BCUT2D eigenvalue weighted by Gasteiger charge is 2.22. The summed E-state index contributed by atoms with van der Waals surface area (Å²) in [6.45, 7) is 4.98. The van der Waals surface area contributed by atoms with Crippen molar-refractivity contribution in [3.63, 3.8) is 0 Å². The monoisotopic (exact) mass is 213 g/mol. The van der Waals surface area contributed by atoms with E-state index in [1.807, 2.05) is 13.8 Å². The third kappa shape index (κ3) is 2.98. The maximum Gasteiger partial charge on any atom is 0.496 e. The molecular weight excluding hydrogens is 200 g/mol. The van der Waals surface area contributed by atoms with Gasteiger partial charge in [0, 0.05) is 36.1 Å². The smallest absolute Gasteiger partial charge is 0.408 e. The summed E-state index contributed by atoms with van der Waals surface area (Å²) < 4.78 is 10.8. The summed E-state index contributed by atoms with van der Waals surface area (Å²) in [5, 5.41) is 0.618. The average molecular weight is 213 g/mol. The van der Waals surface area contributed by atoms with Crippen molar-refractivity contribution in [3.8, 4) is 0 Å². The van der Waals surface area contributed by atoms with Gasteiger partial charge < -0.3 is 9.31 Å². The third-order valence-corrected chi connectivity index (χ3v) is 2.03. The first kappa shape index (κ1) is 11.5. The van der Waals surface area contributed by atoms with Crippen LogP contribution in [0.5, 0.6) is 0 Å². The zero-order valence-electron chi connectivity index (χ0n) is 8.37. The van der Waals surface area contributed by atoms with Crippen LogP contribution < -0.4 is 5.46 Å². The molecule has 76 valence electrons. The third-order valence-electron chi connectivity index (χ3n) is 1.69. The summed E-state index contributed by atoms with van der Waals surface area (Å²) >= 11 is 5.99. The molecular formula is C9H13BClNO2. The highest BCUT2D eigenvalue weighted by atomic mass is 35.5. The Hall–Kier alpha value is -0.575. The molecule has 0 aliphatic heterocycles. The summed E-state index contributed by atoms with van der Waals surface area (Å²) in [6.07, 6.45) is 3.30. The molecule has 1 aromatic heterocycles. The van der Waals surface area contributed by atoms with Gasteiger partial charge in [0.15, 0.2) is 0 Å². The minimum absolute atomic E-state index is 0.411. The fraction of sp³-hybridized carbons (Fsp3) is 0.444. The van der Waals surface area contributed by atoms with E-state index < -0.39 is 7.12 Å². The Morgan fingerprint density at radius 1 is 1.36 bits per heavy atom. The normalized spacial score (nSPS) is 10.2. The predicted octanol–water partition coefficient (Wildman–Crippen LogP) is 1.50. The van der Waals surface area contributed by atoms with Gasteiger partial charge in [0.25, 0.3) is 0 Å². The first-order valence-electron chi connectivity index (χ1n) is 4.62. The molecule has 1 heterocycles. The van der Waals surface area contributed by atoms with Crippen molar-refractivity contribution in [1.29, 1.82) is 0 Å². The van der Waals surface area contributed by atoms with Gasteiger partial charge in [0.1, 0.15) is 0 Å². The molecule has 0 saturated carbocycles. The maximum absolute atomic E-state index is 5.99. The Kier molecular flexibility index (Phi) is 4.94. The molecule has 0 radical (unpaired) electrons. The molecule has 1 aromatic rings. The molecule has 3 nitrogen and oxygen atoms in total. The Morgan fingerprint density at radius 2 is 2.00 bits per heavy atom. The predicted molar refractivity (Wildman–Crippen MR) is 57.9 cm³/mol. The number of hydrogen-bond donors (Lipinski definition) is 0. The summed E-state index contributed by atoms with van der Waals surface area (Å²) in [7, 11) is -0.411. The van der Waals surface area contributed by atoms with Crippen LogP contribution in [0.2, 0.25) is 5.02 Å². The Morgan fingerprint density at radius 3 is 2.50 bits per heavy atom. The topological polar surface area (TPSA) is 31.4 Å². The molecule has 0 aromatic carbocycles. The van der Waals surface area contributed by atoms with Crippen molar-refractivity contribution in [2.24, 2.45) is 0 Å². The van der Waals surface area contributed by atoms with Gasteiger partial charge in [-0.15, -0.1) is 0 Å². The maximum atomic E-state index is 5.99.